The van der Waals surface area contributed by atoms with E-state index in [4.69, 9.17) is 17.0 Å². The van der Waals surface area contributed by atoms with Gasteiger partial charge >= 0.3 is 0 Å². The lowest BCUT2D eigenvalue weighted by Crippen LogP contribution is -2.27. The van der Waals surface area contributed by atoms with E-state index in [0.29, 0.717) is 11.7 Å². The molecule has 1 heterocycles. The van der Waals surface area contributed by atoms with Crippen LogP contribution in [-0.4, -0.2) is 16.2 Å². The van der Waals surface area contributed by atoms with Crippen LogP contribution >= 0.6 is 12.2 Å². The number of nitrogens with one attached hydrogen (secondary N) is 2. The molecule has 0 amide bonds. The molecular formula is C16H19N3OS. The minimum Gasteiger partial charge on any atom is -0.491 e. The molecule has 21 heavy (non-hydrogen) atoms. The topological polar surface area (TPSA) is 46.2 Å². The van der Waals surface area contributed by atoms with Crippen molar-refractivity contribution in [1.29, 1.82) is 0 Å². The highest BCUT2D eigenvalue weighted by Crippen LogP contribution is 2.14. The van der Waals surface area contributed by atoms with E-state index in [1.165, 1.54) is 0 Å². The van der Waals surface area contributed by atoms with Crippen LogP contribution in [0.25, 0.3) is 0 Å². The Hall–Kier alpha value is -2.14. The van der Waals surface area contributed by atoms with Gasteiger partial charge in [-0.05, 0) is 55.9 Å². The zero-order valence-corrected chi connectivity index (χ0v) is 13.0. The van der Waals surface area contributed by atoms with Crippen LogP contribution in [0.2, 0.25) is 0 Å². The zero-order valence-electron chi connectivity index (χ0n) is 12.2. The second kappa shape index (κ2) is 7.59. The van der Waals surface area contributed by atoms with Gasteiger partial charge in [0.25, 0.3) is 0 Å². The Labute approximate surface area is 130 Å². The van der Waals surface area contributed by atoms with Gasteiger partial charge in [0.05, 0.1) is 6.10 Å². The zero-order chi connectivity index (χ0) is 15.1. The third-order valence-corrected chi connectivity index (χ3v) is 2.91. The first-order valence-electron chi connectivity index (χ1n) is 6.84. The summed E-state index contributed by atoms with van der Waals surface area (Å²) in [5.41, 5.74) is 2.03. The molecule has 0 radical (unpaired) electrons. The van der Waals surface area contributed by atoms with Crippen LogP contribution in [-0.2, 0) is 6.54 Å². The van der Waals surface area contributed by atoms with Crippen LogP contribution in [0, 0.1) is 0 Å². The molecule has 0 bridgehead atoms. The normalized spacial score (nSPS) is 10.2. The van der Waals surface area contributed by atoms with E-state index in [1.54, 1.807) is 12.4 Å². The van der Waals surface area contributed by atoms with Gasteiger partial charge < -0.3 is 15.4 Å². The van der Waals surface area contributed by atoms with E-state index in [0.717, 1.165) is 17.0 Å². The highest BCUT2D eigenvalue weighted by atomic mass is 32.1. The van der Waals surface area contributed by atoms with Gasteiger partial charge in [-0.2, -0.15) is 0 Å². The Morgan fingerprint density at radius 2 is 2.00 bits per heavy atom. The molecule has 0 aliphatic rings. The van der Waals surface area contributed by atoms with Crippen LogP contribution in [0.1, 0.15) is 19.4 Å². The van der Waals surface area contributed by atoms with Crippen LogP contribution in [0.5, 0.6) is 5.75 Å². The summed E-state index contributed by atoms with van der Waals surface area (Å²) in [4.78, 5) is 3.96. The van der Waals surface area contributed by atoms with E-state index >= 15 is 0 Å². The monoisotopic (exact) mass is 301 g/mol. The smallest absolute Gasteiger partial charge is 0.171 e. The average Bonchev–Trinajstić information content (AvgIpc) is 2.46. The fraction of sp³-hybridized carbons (Fsp3) is 0.250. The summed E-state index contributed by atoms with van der Waals surface area (Å²) < 4.78 is 5.67. The lowest BCUT2D eigenvalue weighted by atomic mass is 10.2. The Kier molecular flexibility index (Phi) is 5.51. The highest BCUT2D eigenvalue weighted by molar-refractivity contribution is 7.80. The molecule has 0 atom stereocenters. The summed E-state index contributed by atoms with van der Waals surface area (Å²) in [6, 6.07) is 11.7. The molecule has 0 saturated heterocycles. The minimum atomic E-state index is 0.169. The number of ether oxygens (including phenoxy) is 1. The summed E-state index contributed by atoms with van der Waals surface area (Å²) in [7, 11) is 0. The number of nitrogens with zero attached hydrogens (tertiary/aromatic N) is 1. The van der Waals surface area contributed by atoms with Crippen molar-refractivity contribution in [3.8, 4) is 5.75 Å². The SMILES string of the molecule is CC(C)Oc1cccc(CNC(=S)Nc2ccncc2)c1. The van der Waals surface area contributed by atoms with Gasteiger partial charge in [-0.1, -0.05) is 12.1 Å². The van der Waals surface area contributed by atoms with Gasteiger partial charge in [-0.15, -0.1) is 0 Å². The van der Waals surface area contributed by atoms with Crippen LogP contribution in [0.15, 0.2) is 48.8 Å². The van der Waals surface area contributed by atoms with Crippen molar-refractivity contribution in [2.45, 2.75) is 26.5 Å². The first-order valence-corrected chi connectivity index (χ1v) is 7.25. The van der Waals surface area contributed by atoms with Gasteiger partial charge in [-0.3, -0.25) is 4.98 Å². The van der Waals surface area contributed by atoms with Crippen molar-refractivity contribution in [2.24, 2.45) is 0 Å². The lowest BCUT2D eigenvalue weighted by molar-refractivity contribution is 0.242. The number of anilines is 1. The quantitative estimate of drug-likeness (QED) is 0.829. The number of thiocarbonyl (C=S) groups is 1. The summed E-state index contributed by atoms with van der Waals surface area (Å²) >= 11 is 5.26. The molecule has 0 fully saturated rings. The number of aromatic nitrogens is 1. The first-order chi connectivity index (χ1) is 10.1. The van der Waals surface area contributed by atoms with Crippen molar-refractivity contribution in [2.75, 3.05) is 5.32 Å². The van der Waals surface area contributed by atoms with Gasteiger partial charge in [-0.25, -0.2) is 0 Å². The molecule has 5 heteroatoms. The third kappa shape index (κ3) is 5.39. The summed E-state index contributed by atoms with van der Waals surface area (Å²) in [5.74, 6) is 0.873. The lowest BCUT2D eigenvalue weighted by Gasteiger charge is -2.13. The van der Waals surface area contributed by atoms with E-state index in [9.17, 15) is 0 Å². The number of rotatable bonds is 5. The van der Waals surface area contributed by atoms with Gasteiger partial charge in [0.1, 0.15) is 5.75 Å². The Bertz CT molecular complexity index is 587. The predicted molar refractivity (Wildman–Crippen MR) is 89.5 cm³/mol. The molecule has 2 rings (SSSR count). The maximum atomic E-state index is 5.67. The predicted octanol–water partition coefficient (Wildman–Crippen LogP) is 3.36. The largest absolute Gasteiger partial charge is 0.491 e. The van der Waals surface area contributed by atoms with Crippen LogP contribution in [0.3, 0.4) is 0 Å². The fourth-order valence-electron chi connectivity index (χ4n) is 1.79. The minimum absolute atomic E-state index is 0.169. The molecule has 0 spiro atoms. The van der Waals surface area contributed by atoms with Crippen molar-refractivity contribution in [3.63, 3.8) is 0 Å². The molecule has 4 nitrogen and oxygen atoms in total. The third-order valence-electron chi connectivity index (χ3n) is 2.66. The molecule has 2 N–H and O–H groups in total. The van der Waals surface area contributed by atoms with E-state index in [-0.39, 0.29) is 6.10 Å². The highest BCUT2D eigenvalue weighted by Gasteiger charge is 2.01. The molecule has 0 saturated carbocycles. The molecule has 0 unspecified atom stereocenters. The van der Waals surface area contributed by atoms with Gasteiger partial charge in [0.2, 0.25) is 0 Å². The average molecular weight is 301 g/mol. The van der Waals surface area contributed by atoms with Crippen molar-refractivity contribution in [3.05, 3.63) is 54.4 Å². The van der Waals surface area contributed by atoms with Crippen LogP contribution in [0.4, 0.5) is 5.69 Å². The molecule has 0 aliphatic heterocycles. The second-order valence-corrected chi connectivity index (χ2v) is 5.27. The van der Waals surface area contributed by atoms with Gasteiger partial charge in [0, 0.05) is 24.6 Å². The standard InChI is InChI=1S/C16H19N3OS/c1-12(2)20-15-5-3-4-13(10-15)11-18-16(21)19-14-6-8-17-9-7-14/h3-10,12H,11H2,1-2H3,(H2,17,18,19,21). The van der Waals surface area contributed by atoms with Gasteiger partial charge in [0.15, 0.2) is 5.11 Å². The first kappa shape index (κ1) is 15.3. The fourth-order valence-corrected chi connectivity index (χ4v) is 1.98. The number of hydrogen-bond donors (Lipinski definition) is 2. The second-order valence-electron chi connectivity index (χ2n) is 4.86. The Balaban J connectivity index is 1.86. The molecular weight excluding hydrogens is 282 g/mol. The molecule has 2 aromatic rings. The maximum Gasteiger partial charge on any atom is 0.171 e. The Morgan fingerprint density at radius 3 is 2.71 bits per heavy atom. The van der Waals surface area contributed by atoms with Crippen molar-refractivity contribution < 1.29 is 4.74 Å². The summed E-state index contributed by atoms with van der Waals surface area (Å²) in [6.07, 6.45) is 3.61. The van der Waals surface area contributed by atoms with E-state index in [1.807, 2.05) is 50.2 Å². The number of hydrogen-bond acceptors (Lipinski definition) is 3. The Morgan fingerprint density at radius 1 is 1.24 bits per heavy atom. The van der Waals surface area contributed by atoms with E-state index < -0.39 is 0 Å². The molecule has 0 aliphatic carbocycles. The van der Waals surface area contributed by atoms with Crippen molar-refractivity contribution in [1.82, 2.24) is 10.3 Å². The van der Waals surface area contributed by atoms with E-state index in [2.05, 4.69) is 15.6 Å². The maximum absolute atomic E-state index is 5.67. The molecule has 110 valence electrons. The summed E-state index contributed by atoms with van der Waals surface area (Å²) in [5, 5.41) is 6.86. The summed E-state index contributed by atoms with van der Waals surface area (Å²) in [6.45, 7) is 4.67. The molecule has 1 aromatic carbocycles. The van der Waals surface area contributed by atoms with Crippen LogP contribution < -0.4 is 15.4 Å². The number of pyridine rings is 1. The number of benzene rings is 1. The molecule has 1 aromatic heterocycles. The van der Waals surface area contributed by atoms with Crippen molar-refractivity contribution >= 4 is 23.0 Å².